The Morgan fingerprint density at radius 2 is 1.97 bits per heavy atom. The molecule has 30 heavy (non-hydrogen) atoms. The van der Waals surface area contributed by atoms with Gasteiger partial charge in [-0.25, -0.2) is 16.3 Å². The first-order valence-electron chi connectivity index (χ1n) is 10.4. The molecule has 0 bridgehead atoms. The van der Waals surface area contributed by atoms with Gasteiger partial charge in [0.05, 0.1) is 18.9 Å². The number of para-hydroxylation sites is 1. The number of benzene rings is 2. The molecule has 2 aromatic rings. The first-order chi connectivity index (χ1) is 14.6. The van der Waals surface area contributed by atoms with Gasteiger partial charge in [-0.1, -0.05) is 43.7 Å². The molecule has 1 saturated heterocycles. The Morgan fingerprint density at radius 3 is 2.70 bits per heavy atom. The molecular formula is C23H31N5O2. The number of hydrogen-bond acceptors (Lipinski definition) is 6. The summed E-state index contributed by atoms with van der Waals surface area (Å²) >= 11 is 0. The number of nitrogens with one attached hydrogen (secondary N) is 3. The smallest absolute Gasteiger partial charge is 0.258 e. The SMILES string of the molecule is CCCCOc1ccccc1C1CC(C(=O)N/N=C/c2ccc(N(C)C)cc2)NN1. The zero-order chi connectivity index (χ0) is 21.3. The number of nitrogens with zero attached hydrogens (tertiary/aromatic N) is 2. The lowest BCUT2D eigenvalue weighted by Gasteiger charge is -2.15. The van der Waals surface area contributed by atoms with Crippen LogP contribution in [0.15, 0.2) is 53.6 Å². The van der Waals surface area contributed by atoms with Crippen LogP contribution in [0.1, 0.15) is 43.4 Å². The second-order valence-electron chi connectivity index (χ2n) is 7.59. The molecule has 2 atom stereocenters. The minimum Gasteiger partial charge on any atom is -0.493 e. The average molecular weight is 410 g/mol. The summed E-state index contributed by atoms with van der Waals surface area (Å²) in [7, 11) is 3.99. The predicted octanol–water partition coefficient (Wildman–Crippen LogP) is 2.99. The largest absolute Gasteiger partial charge is 0.493 e. The van der Waals surface area contributed by atoms with Gasteiger partial charge in [0.1, 0.15) is 11.8 Å². The predicted molar refractivity (Wildman–Crippen MR) is 121 cm³/mol. The summed E-state index contributed by atoms with van der Waals surface area (Å²) in [6, 6.07) is 15.6. The first kappa shape index (κ1) is 21.8. The number of amides is 1. The molecule has 7 nitrogen and oxygen atoms in total. The van der Waals surface area contributed by atoms with Crippen molar-refractivity contribution in [2.45, 2.75) is 38.3 Å². The molecule has 1 aliphatic heterocycles. The molecule has 3 N–H and O–H groups in total. The van der Waals surface area contributed by atoms with E-state index >= 15 is 0 Å². The van der Waals surface area contributed by atoms with Crippen LogP contribution in [0.2, 0.25) is 0 Å². The maximum atomic E-state index is 12.5. The number of hydrazine groups is 1. The van der Waals surface area contributed by atoms with Crippen LogP contribution in [-0.4, -0.2) is 38.9 Å². The van der Waals surface area contributed by atoms with Crippen molar-refractivity contribution < 1.29 is 9.53 Å². The van der Waals surface area contributed by atoms with Gasteiger partial charge in [0.15, 0.2) is 0 Å². The minimum atomic E-state index is -0.369. The fourth-order valence-corrected chi connectivity index (χ4v) is 3.27. The molecule has 1 heterocycles. The van der Waals surface area contributed by atoms with E-state index in [-0.39, 0.29) is 18.0 Å². The summed E-state index contributed by atoms with van der Waals surface area (Å²) in [6.07, 6.45) is 4.38. The Bertz CT molecular complexity index is 851. The Morgan fingerprint density at radius 1 is 1.20 bits per heavy atom. The highest BCUT2D eigenvalue weighted by Gasteiger charge is 2.31. The maximum Gasteiger partial charge on any atom is 0.258 e. The third-order valence-electron chi connectivity index (χ3n) is 5.07. The highest BCUT2D eigenvalue weighted by molar-refractivity contribution is 5.85. The minimum absolute atomic E-state index is 0.00105. The van der Waals surface area contributed by atoms with Crippen LogP contribution in [0.5, 0.6) is 5.75 Å². The highest BCUT2D eigenvalue weighted by Crippen LogP contribution is 2.30. The van der Waals surface area contributed by atoms with E-state index in [2.05, 4.69) is 28.3 Å². The van der Waals surface area contributed by atoms with E-state index in [0.717, 1.165) is 35.4 Å². The van der Waals surface area contributed by atoms with Crippen molar-refractivity contribution in [3.8, 4) is 5.75 Å². The lowest BCUT2D eigenvalue weighted by Crippen LogP contribution is -2.41. The molecule has 1 fully saturated rings. The summed E-state index contributed by atoms with van der Waals surface area (Å²) in [5.41, 5.74) is 12.0. The number of carbonyl (C=O) groups excluding carboxylic acids is 1. The Labute approximate surface area is 178 Å². The van der Waals surface area contributed by atoms with E-state index < -0.39 is 0 Å². The van der Waals surface area contributed by atoms with Gasteiger partial charge in [-0.2, -0.15) is 5.10 Å². The summed E-state index contributed by atoms with van der Waals surface area (Å²) < 4.78 is 5.93. The van der Waals surface area contributed by atoms with Crippen molar-refractivity contribution in [2.75, 3.05) is 25.6 Å². The Balaban J connectivity index is 1.53. The van der Waals surface area contributed by atoms with E-state index in [1.807, 2.05) is 67.5 Å². The number of hydrazone groups is 1. The number of carbonyl (C=O) groups is 1. The third kappa shape index (κ3) is 5.81. The quantitative estimate of drug-likeness (QED) is 0.337. The second-order valence-corrected chi connectivity index (χ2v) is 7.59. The van der Waals surface area contributed by atoms with Gasteiger partial charge in [0.25, 0.3) is 5.91 Å². The fourth-order valence-electron chi connectivity index (χ4n) is 3.27. The van der Waals surface area contributed by atoms with Crippen LogP contribution in [0.25, 0.3) is 0 Å². The number of unbranched alkanes of at least 4 members (excludes halogenated alkanes) is 1. The van der Waals surface area contributed by atoms with E-state index in [1.165, 1.54) is 0 Å². The van der Waals surface area contributed by atoms with E-state index in [9.17, 15) is 4.79 Å². The van der Waals surface area contributed by atoms with Gasteiger partial charge in [0.2, 0.25) is 0 Å². The van der Waals surface area contributed by atoms with Gasteiger partial charge in [-0.3, -0.25) is 4.79 Å². The molecule has 2 aromatic carbocycles. The van der Waals surface area contributed by atoms with Gasteiger partial charge in [-0.05, 0) is 36.6 Å². The molecule has 1 aliphatic rings. The Hall–Kier alpha value is -2.90. The van der Waals surface area contributed by atoms with Crippen molar-refractivity contribution in [1.29, 1.82) is 0 Å². The van der Waals surface area contributed by atoms with Crippen molar-refractivity contribution in [2.24, 2.45) is 5.10 Å². The molecule has 0 saturated carbocycles. The number of ether oxygens (including phenoxy) is 1. The van der Waals surface area contributed by atoms with Crippen LogP contribution >= 0.6 is 0 Å². The maximum absolute atomic E-state index is 12.5. The average Bonchev–Trinajstić information content (AvgIpc) is 3.25. The van der Waals surface area contributed by atoms with Crippen molar-refractivity contribution in [1.82, 2.24) is 16.3 Å². The van der Waals surface area contributed by atoms with Gasteiger partial charge < -0.3 is 9.64 Å². The molecule has 0 spiro atoms. The van der Waals surface area contributed by atoms with Crippen molar-refractivity contribution in [3.05, 3.63) is 59.7 Å². The molecule has 0 aliphatic carbocycles. The number of rotatable bonds is 9. The van der Waals surface area contributed by atoms with Gasteiger partial charge in [0, 0.05) is 25.3 Å². The molecule has 0 aromatic heterocycles. The zero-order valence-electron chi connectivity index (χ0n) is 17.9. The summed E-state index contributed by atoms with van der Waals surface area (Å²) in [5, 5.41) is 4.10. The van der Waals surface area contributed by atoms with Crippen LogP contribution in [0.4, 0.5) is 5.69 Å². The van der Waals surface area contributed by atoms with Crippen molar-refractivity contribution >= 4 is 17.8 Å². The monoisotopic (exact) mass is 409 g/mol. The fraction of sp³-hybridized carbons (Fsp3) is 0.391. The Kier molecular flexibility index (Phi) is 7.82. The van der Waals surface area contributed by atoms with Crippen LogP contribution in [-0.2, 0) is 4.79 Å². The van der Waals surface area contributed by atoms with E-state index in [4.69, 9.17) is 4.74 Å². The lowest BCUT2D eigenvalue weighted by atomic mass is 10.0. The third-order valence-corrected chi connectivity index (χ3v) is 5.07. The standard InChI is InChI=1S/C23H31N5O2/c1-4-5-14-30-22-9-7-6-8-19(22)20-15-21(26-25-20)23(29)27-24-16-17-10-12-18(13-11-17)28(2)3/h6-13,16,20-21,25-26H,4-5,14-15H2,1-3H3,(H,27,29)/b24-16+. The zero-order valence-corrected chi connectivity index (χ0v) is 17.9. The van der Waals surface area contributed by atoms with Crippen LogP contribution < -0.4 is 25.9 Å². The molecule has 2 unspecified atom stereocenters. The summed E-state index contributed by atoms with van der Waals surface area (Å²) in [6.45, 7) is 2.84. The van der Waals surface area contributed by atoms with Crippen molar-refractivity contribution in [3.63, 3.8) is 0 Å². The molecule has 7 heteroatoms. The molecular weight excluding hydrogens is 378 g/mol. The summed E-state index contributed by atoms with van der Waals surface area (Å²) in [4.78, 5) is 14.5. The topological polar surface area (TPSA) is 78.0 Å². The molecule has 160 valence electrons. The van der Waals surface area contributed by atoms with E-state index in [1.54, 1.807) is 6.21 Å². The molecule has 0 radical (unpaired) electrons. The van der Waals surface area contributed by atoms with Crippen LogP contribution in [0.3, 0.4) is 0 Å². The molecule has 3 rings (SSSR count). The molecule has 1 amide bonds. The van der Waals surface area contributed by atoms with Crippen LogP contribution in [0, 0.1) is 0 Å². The first-order valence-corrected chi connectivity index (χ1v) is 10.4. The summed E-state index contributed by atoms with van der Waals surface area (Å²) in [5.74, 6) is 0.695. The second kappa shape index (κ2) is 10.8. The number of anilines is 1. The van der Waals surface area contributed by atoms with Gasteiger partial charge in [-0.15, -0.1) is 0 Å². The number of hydrogen-bond donors (Lipinski definition) is 3. The van der Waals surface area contributed by atoms with E-state index in [0.29, 0.717) is 13.0 Å². The van der Waals surface area contributed by atoms with Gasteiger partial charge >= 0.3 is 0 Å². The normalized spacial score (nSPS) is 18.5. The highest BCUT2D eigenvalue weighted by atomic mass is 16.5. The lowest BCUT2D eigenvalue weighted by molar-refractivity contribution is -0.122.